The van der Waals surface area contributed by atoms with Crippen molar-refractivity contribution in [2.75, 3.05) is 12.4 Å². The standard InChI is InChI=1S/C16H15Br2NO2/c1-9-6-10(2)15(13(18)7-9)19-16(20)12-5-4-11(17)8-14(12)21-3/h4-8H,1-3H3,(H,19,20). The minimum absolute atomic E-state index is 0.202. The Hall–Kier alpha value is -1.33. The van der Waals surface area contributed by atoms with E-state index in [1.54, 1.807) is 19.2 Å². The molecule has 0 unspecified atom stereocenters. The van der Waals surface area contributed by atoms with Crippen molar-refractivity contribution in [3.8, 4) is 5.75 Å². The normalized spacial score (nSPS) is 10.3. The van der Waals surface area contributed by atoms with Crippen LogP contribution in [0.4, 0.5) is 5.69 Å². The Morgan fingerprint density at radius 3 is 2.48 bits per heavy atom. The maximum Gasteiger partial charge on any atom is 0.259 e. The van der Waals surface area contributed by atoms with Gasteiger partial charge in [-0.25, -0.2) is 0 Å². The lowest BCUT2D eigenvalue weighted by Gasteiger charge is -2.13. The summed E-state index contributed by atoms with van der Waals surface area (Å²) in [6.07, 6.45) is 0. The molecular formula is C16H15Br2NO2. The van der Waals surface area contributed by atoms with Crippen molar-refractivity contribution in [2.45, 2.75) is 13.8 Å². The van der Waals surface area contributed by atoms with Gasteiger partial charge >= 0.3 is 0 Å². The predicted octanol–water partition coefficient (Wildman–Crippen LogP) is 5.09. The van der Waals surface area contributed by atoms with Crippen molar-refractivity contribution >= 4 is 43.5 Å². The molecule has 2 aromatic rings. The van der Waals surface area contributed by atoms with E-state index in [2.05, 4.69) is 37.2 Å². The molecule has 0 aliphatic carbocycles. The summed E-state index contributed by atoms with van der Waals surface area (Å²) in [5.41, 5.74) is 3.41. The number of nitrogens with one attached hydrogen (secondary N) is 1. The molecule has 110 valence electrons. The fourth-order valence-electron chi connectivity index (χ4n) is 2.11. The third-order valence-electron chi connectivity index (χ3n) is 3.08. The van der Waals surface area contributed by atoms with Gasteiger partial charge in [0.2, 0.25) is 0 Å². The number of benzene rings is 2. The van der Waals surface area contributed by atoms with E-state index >= 15 is 0 Å². The van der Waals surface area contributed by atoms with E-state index in [4.69, 9.17) is 4.74 Å². The van der Waals surface area contributed by atoms with E-state index in [0.29, 0.717) is 11.3 Å². The molecule has 0 aliphatic heterocycles. The number of ether oxygens (including phenoxy) is 1. The van der Waals surface area contributed by atoms with Gasteiger partial charge in [0.05, 0.1) is 18.4 Å². The molecule has 0 saturated heterocycles. The lowest BCUT2D eigenvalue weighted by molar-refractivity contribution is 0.102. The molecule has 0 saturated carbocycles. The number of halogens is 2. The molecule has 0 fully saturated rings. The van der Waals surface area contributed by atoms with Crippen LogP contribution in [0.25, 0.3) is 0 Å². The minimum atomic E-state index is -0.202. The molecule has 0 heterocycles. The summed E-state index contributed by atoms with van der Waals surface area (Å²) in [5.74, 6) is 0.328. The zero-order valence-electron chi connectivity index (χ0n) is 12.0. The van der Waals surface area contributed by atoms with E-state index in [9.17, 15) is 4.79 Å². The van der Waals surface area contributed by atoms with Crippen molar-refractivity contribution in [1.82, 2.24) is 0 Å². The molecular weight excluding hydrogens is 398 g/mol. The first-order valence-electron chi connectivity index (χ1n) is 6.34. The van der Waals surface area contributed by atoms with Gasteiger partial charge in [0, 0.05) is 8.95 Å². The van der Waals surface area contributed by atoms with Crippen LogP contribution in [-0.2, 0) is 0 Å². The molecule has 2 aromatic carbocycles. The zero-order valence-corrected chi connectivity index (χ0v) is 15.1. The second-order valence-corrected chi connectivity index (χ2v) is 6.51. The largest absolute Gasteiger partial charge is 0.496 e. The van der Waals surface area contributed by atoms with Crippen LogP contribution in [0.3, 0.4) is 0 Å². The topological polar surface area (TPSA) is 38.3 Å². The van der Waals surface area contributed by atoms with E-state index in [0.717, 1.165) is 25.8 Å². The van der Waals surface area contributed by atoms with Crippen molar-refractivity contribution < 1.29 is 9.53 Å². The highest BCUT2D eigenvalue weighted by atomic mass is 79.9. The molecule has 0 atom stereocenters. The minimum Gasteiger partial charge on any atom is -0.496 e. The van der Waals surface area contributed by atoms with Gasteiger partial charge in [-0.05, 0) is 65.2 Å². The first-order valence-corrected chi connectivity index (χ1v) is 7.92. The first-order chi connectivity index (χ1) is 9.92. The molecule has 0 spiro atoms. The SMILES string of the molecule is COc1cc(Br)ccc1C(=O)Nc1c(C)cc(C)cc1Br. The van der Waals surface area contributed by atoms with Crippen molar-refractivity contribution in [2.24, 2.45) is 0 Å². The number of anilines is 1. The maximum atomic E-state index is 12.5. The monoisotopic (exact) mass is 411 g/mol. The molecule has 2 rings (SSSR count). The Labute approximate surface area is 141 Å². The van der Waals surface area contributed by atoms with Crippen molar-refractivity contribution in [3.63, 3.8) is 0 Å². The predicted molar refractivity (Wildman–Crippen MR) is 92.3 cm³/mol. The van der Waals surface area contributed by atoms with Gasteiger partial charge in [-0.2, -0.15) is 0 Å². The summed E-state index contributed by atoms with van der Waals surface area (Å²) in [6.45, 7) is 3.98. The van der Waals surface area contributed by atoms with Gasteiger partial charge in [-0.3, -0.25) is 4.79 Å². The third kappa shape index (κ3) is 3.66. The summed E-state index contributed by atoms with van der Waals surface area (Å²) in [4.78, 5) is 12.5. The van der Waals surface area contributed by atoms with Gasteiger partial charge in [0.1, 0.15) is 5.75 Å². The quantitative estimate of drug-likeness (QED) is 0.762. The van der Waals surface area contributed by atoms with Crippen LogP contribution in [0.15, 0.2) is 39.3 Å². The number of hydrogen-bond donors (Lipinski definition) is 1. The highest BCUT2D eigenvalue weighted by Crippen LogP contribution is 2.30. The van der Waals surface area contributed by atoms with Crippen LogP contribution in [0, 0.1) is 13.8 Å². The number of methoxy groups -OCH3 is 1. The smallest absolute Gasteiger partial charge is 0.259 e. The summed E-state index contributed by atoms with van der Waals surface area (Å²) >= 11 is 6.86. The molecule has 1 amide bonds. The van der Waals surface area contributed by atoms with Crippen molar-refractivity contribution in [3.05, 3.63) is 56.0 Å². The van der Waals surface area contributed by atoms with E-state index in [1.165, 1.54) is 0 Å². The van der Waals surface area contributed by atoms with Crippen LogP contribution in [0.1, 0.15) is 21.5 Å². The third-order valence-corrected chi connectivity index (χ3v) is 4.20. The fourth-order valence-corrected chi connectivity index (χ4v) is 3.22. The number of carbonyl (C=O) groups excluding carboxylic acids is 1. The summed E-state index contributed by atoms with van der Waals surface area (Å²) < 4.78 is 6.99. The lowest BCUT2D eigenvalue weighted by atomic mass is 10.1. The number of amides is 1. The van der Waals surface area contributed by atoms with Gasteiger partial charge < -0.3 is 10.1 Å². The number of aryl methyl sites for hydroxylation is 2. The van der Waals surface area contributed by atoms with E-state index in [1.807, 2.05) is 32.0 Å². The highest BCUT2D eigenvalue weighted by molar-refractivity contribution is 9.10. The fraction of sp³-hybridized carbons (Fsp3) is 0.188. The van der Waals surface area contributed by atoms with Gasteiger partial charge in [-0.1, -0.05) is 22.0 Å². The molecule has 0 aliphatic rings. The average Bonchev–Trinajstić information content (AvgIpc) is 2.42. The molecule has 0 aromatic heterocycles. The average molecular weight is 413 g/mol. The number of carbonyl (C=O) groups is 1. The van der Waals surface area contributed by atoms with Gasteiger partial charge in [0.15, 0.2) is 0 Å². The zero-order chi connectivity index (χ0) is 15.6. The highest BCUT2D eigenvalue weighted by Gasteiger charge is 2.15. The van der Waals surface area contributed by atoms with Crippen LogP contribution < -0.4 is 10.1 Å². The Morgan fingerprint density at radius 2 is 1.86 bits per heavy atom. The van der Waals surface area contributed by atoms with E-state index < -0.39 is 0 Å². The Kier molecular flexibility index (Phi) is 5.06. The molecule has 0 radical (unpaired) electrons. The van der Waals surface area contributed by atoms with Gasteiger partial charge in [-0.15, -0.1) is 0 Å². The summed E-state index contributed by atoms with van der Waals surface area (Å²) in [5, 5.41) is 2.94. The second kappa shape index (κ2) is 6.62. The molecule has 21 heavy (non-hydrogen) atoms. The van der Waals surface area contributed by atoms with Crippen LogP contribution in [0.2, 0.25) is 0 Å². The number of hydrogen-bond acceptors (Lipinski definition) is 2. The maximum absolute atomic E-state index is 12.5. The summed E-state index contributed by atoms with van der Waals surface area (Å²) in [7, 11) is 1.55. The van der Waals surface area contributed by atoms with E-state index in [-0.39, 0.29) is 5.91 Å². The molecule has 3 nitrogen and oxygen atoms in total. The Bertz CT molecular complexity index is 676. The van der Waals surface area contributed by atoms with Crippen LogP contribution in [0.5, 0.6) is 5.75 Å². The van der Waals surface area contributed by atoms with Crippen LogP contribution in [-0.4, -0.2) is 13.0 Å². The number of rotatable bonds is 3. The Morgan fingerprint density at radius 1 is 1.14 bits per heavy atom. The van der Waals surface area contributed by atoms with Crippen LogP contribution >= 0.6 is 31.9 Å². The molecule has 1 N–H and O–H groups in total. The molecule has 5 heteroatoms. The second-order valence-electron chi connectivity index (χ2n) is 4.74. The van der Waals surface area contributed by atoms with Crippen molar-refractivity contribution in [1.29, 1.82) is 0 Å². The lowest BCUT2D eigenvalue weighted by Crippen LogP contribution is -2.14. The molecule has 0 bridgehead atoms. The summed E-state index contributed by atoms with van der Waals surface area (Å²) in [6, 6.07) is 9.32. The first kappa shape index (κ1) is 16.0. The Balaban J connectivity index is 2.35. The van der Waals surface area contributed by atoms with Gasteiger partial charge in [0.25, 0.3) is 5.91 Å².